The molecule has 0 N–H and O–H groups in total. The Hall–Kier alpha value is -1.35. The molecule has 2 atom stereocenters. The first kappa shape index (κ1) is 21.4. The van der Waals surface area contributed by atoms with Gasteiger partial charge < -0.3 is 0 Å². The molecule has 5 heteroatoms. The van der Waals surface area contributed by atoms with Crippen molar-refractivity contribution < 1.29 is 9.59 Å². The number of carbonyl (C=O) groups is 2. The minimum Gasteiger partial charge on any atom is -0.299 e. The quantitative estimate of drug-likeness (QED) is 0.453. The molecule has 0 spiro atoms. The third-order valence-corrected chi connectivity index (χ3v) is 6.30. The van der Waals surface area contributed by atoms with E-state index in [2.05, 4.69) is 0 Å². The standard InChI is InChI=1S/C23H23Cl3O2/c24-16-7-5-6-15(12-16)23(28)14-20(18-11-10-17(25)13-21(18)26)19-8-3-1-2-4-9-22(19)27/h5-7,10-13,19-20H,1-4,8-9,14H2/t19-,20-/m1/s1. The molecule has 2 aromatic carbocycles. The van der Waals surface area contributed by atoms with E-state index in [1.807, 2.05) is 6.07 Å². The van der Waals surface area contributed by atoms with Crippen molar-refractivity contribution in [1.29, 1.82) is 0 Å². The van der Waals surface area contributed by atoms with E-state index >= 15 is 0 Å². The molecule has 1 aliphatic rings. The second kappa shape index (κ2) is 9.91. The molecule has 1 aliphatic carbocycles. The molecule has 28 heavy (non-hydrogen) atoms. The first-order chi connectivity index (χ1) is 13.5. The van der Waals surface area contributed by atoms with E-state index in [9.17, 15) is 9.59 Å². The van der Waals surface area contributed by atoms with Crippen molar-refractivity contribution in [3.05, 3.63) is 68.7 Å². The van der Waals surface area contributed by atoms with Crippen molar-refractivity contribution in [3.8, 4) is 0 Å². The van der Waals surface area contributed by atoms with Gasteiger partial charge in [-0.3, -0.25) is 9.59 Å². The Morgan fingerprint density at radius 1 is 0.964 bits per heavy atom. The van der Waals surface area contributed by atoms with Crippen LogP contribution in [0.4, 0.5) is 0 Å². The van der Waals surface area contributed by atoms with Gasteiger partial charge in [0.2, 0.25) is 0 Å². The molecule has 0 radical (unpaired) electrons. The summed E-state index contributed by atoms with van der Waals surface area (Å²) in [4.78, 5) is 26.0. The highest BCUT2D eigenvalue weighted by Gasteiger charge is 2.32. The highest BCUT2D eigenvalue weighted by molar-refractivity contribution is 6.35. The normalized spacial score (nSPS) is 19.0. The molecule has 2 aromatic rings. The third kappa shape index (κ3) is 5.37. The van der Waals surface area contributed by atoms with E-state index in [4.69, 9.17) is 34.8 Å². The maximum Gasteiger partial charge on any atom is 0.163 e. The Balaban J connectivity index is 1.95. The molecule has 1 saturated carbocycles. The van der Waals surface area contributed by atoms with Crippen LogP contribution >= 0.6 is 34.8 Å². The lowest BCUT2D eigenvalue weighted by molar-refractivity contribution is -0.124. The van der Waals surface area contributed by atoms with Crippen molar-refractivity contribution >= 4 is 46.4 Å². The summed E-state index contributed by atoms with van der Waals surface area (Å²) >= 11 is 18.6. The zero-order valence-corrected chi connectivity index (χ0v) is 17.9. The molecule has 0 unspecified atom stereocenters. The van der Waals surface area contributed by atoms with Crippen LogP contribution in [0.25, 0.3) is 0 Å². The molecular formula is C23H23Cl3O2. The van der Waals surface area contributed by atoms with E-state index in [0.29, 0.717) is 27.1 Å². The van der Waals surface area contributed by atoms with Crippen LogP contribution in [0.5, 0.6) is 0 Å². The molecule has 0 bridgehead atoms. The highest BCUT2D eigenvalue weighted by Crippen LogP contribution is 2.39. The number of rotatable bonds is 5. The molecular weight excluding hydrogens is 415 g/mol. The van der Waals surface area contributed by atoms with E-state index in [1.54, 1.807) is 36.4 Å². The van der Waals surface area contributed by atoms with E-state index in [1.165, 1.54) is 0 Å². The van der Waals surface area contributed by atoms with Gasteiger partial charge in [0, 0.05) is 45.3 Å². The number of halogens is 3. The maximum atomic E-state index is 13.0. The summed E-state index contributed by atoms with van der Waals surface area (Å²) in [6.07, 6.45) is 5.68. The monoisotopic (exact) mass is 436 g/mol. The van der Waals surface area contributed by atoms with E-state index < -0.39 is 0 Å². The van der Waals surface area contributed by atoms with E-state index in [-0.39, 0.29) is 29.8 Å². The molecule has 1 fully saturated rings. The van der Waals surface area contributed by atoms with Gasteiger partial charge in [0.1, 0.15) is 5.78 Å². The maximum absolute atomic E-state index is 13.0. The topological polar surface area (TPSA) is 34.1 Å². The second-order valence-electron chi connectivity index (χ2n) is 7.44. The van der Waals surface area contributed by atoms with Crippen LogP contribution in [0.15, 0.2) is 42.5 Å². The molecule has 148 valence electrons. The zero-order chi connectivity index (χ0) is 20.1. The van der Waals surface area contributed by atoms with Crippen LogP contribution in [0, 0.1) is 5.92 Å². The Morgan fingerprint density at radius 3 is 2.46 bits per heavy atom. The average molecular weight is 438 g/mol. The lowest BCUT2D eigenvalue weighted by Crippen LogP contribution is -2.26. The van der Waals surface area contributed by atoms with Gasteiger partial charge in [-0.05, 0) is 42.7 Å². The van der Waals surface area contributed by atoms with Crippen LogP contribution < -0.4 is 0 Å². The van der Waals surface area contributed by atoms with Crippen molar-refractivity contribution in [2.45, 2.75) is 50.9 Å². The van der Waals surface area contributed by atoms with Crippen molar-refractivity contribution in [2.24, 2.45) is 5.92 Å². The summed E-state index contributed by atoms with van der Waals surface area (Å²) in [5.41, 5.74) is 1.38. The predicted octanol–water partition coefficient (Wildman–Crippen LogP) is 7.54. The van der Waals surface area contributed by atoms with Crippen LogP contribution in [0.3, 0.4) is 0 Å². The summed E-state index contributed by atoms with van der Waals surface area (Å²) in [5, 5.41) is 1.57. The summed E-state index contributed by atoms with van der Waals surface area (Å²) in [6.45, 7) is 0. The molecule has 0 saturated heterocycles. The summed E-state index contributed by atoms with van der Waals surface area (Å²) in [5.74, 6) is -0.271. The van der Waals surface area contributed by atoms with Crippen LogP contribution in [0.1, 0.15) is 66.8 Å². The fraction of sp³-hybridized carbons (Fsp3) is 0.391. The van der Waals surface area contributed by atoms with Crippen LogP contribution in [-0.2, 0) is 4.79 Å². The molecule has 0 aliphatic heterocycles. The zero-order valence-electron chi connectivity index (χ0n) is 15.6. The van der Waals surface area contributed by atoms with Gasteiger partial charge in [-0.1, -0.05) is 72.3 Å². The van der Waals surface area contributed by atoms with Crippen LogP contribution in [0.2, 0.25) is 15.1 Å². The number of hydrogen-bond acceptors (Lipinski definition) is 2. The van der Waals surface area contributed by atoms with Gasteiger partial charge in [0.05, 0.1) is 0 Å². The SMILES string of the molecule is O=C(C[C@H](c1ccc(Cl)cc1Cl)[C@H]1CCCCCCC1=O)c1cccc(Cl)c1. The first-order valence-corrected chi connectivity index (χ1v) is 10.9. The Kier molecular flexibility index (Phi) is 7.56. The Morgan fingerprint density at radius 2 is 1.71 bits per heavy atom. The van der Waals surface area contributed by atoms with Gasteiger partial charge in [-0.2, -0.15) is 0 Å². The number of Topliss-reactive ketones (excluding diaryl/α,β-unsaturated/α-hetero) is 2. The fourth-order valence-electron chi connectivity index (χ4n) is 4.04. The van der Waals surface area contributed by atoms with Crippen LogP contribution in [-0.4, -0.2) is 11.6 Å². The Labute approximate surface area is 181 Å². The number of carbonyl (C=O) groups excluding carboxylic acids is 2. The van der Waals surface area contributed by atoms with E-state index in [0.717, 1.165) is 37.7 Å². The fourth-order valence-corrected chi connectivity index (χ4v) is 4.78. The molecule has 3 rings (SSSR count). The van der Waals surface area contributed by atoms with Gasteiger partial charge in [-0.15, -0.1) is 0 Å². The lowest BCUT2D eigenvalue weighted by atomic mass is 9.75. The van der Waals surface area contributed by atoms with Gasteiger partial charge in [0.25, 0.3) is 0 Å². The summed E-state index contributed by atoms with van der Waals surface area (Å²) in [7, 11) is 0. The first-order valence-electron chi connectivity index (χ1n) is 9.72. The minimum atomic E-state index is -0.262. The second-order valence-corrected chi connectivity index (χ2v) is 8.72. The number of hydrogen-bond donors (Lipinski definition) is 0. The number of benzene rings is 2. The highest BCUT2D eigenvalue weighted by atomic mass is 35.5. The molecule has 2 nitrogen and oxygen atoms in total. The van der Waals surface area contributed by atoms with Crippen molar-refractivity contribution in [1.82, 2.24) is 0 Å². The Bertz CT molecular complexity index is 863. The largest absolute Gasteiger partial charge is 0.299 e. The summed E-state index contributed by atoms with van der Waals surface area (Å²) < 4.78 is 0. The third-order valence-electron chi connectivity index (χ3n) is 5.50. The van der Waals surface area contributed by atoms with Crippen molar-refractivity contribution in [3.63, 3.8) is 0 Å². The predicted molar refractivity (Wildman–Crippen MR) is 116 cm³/mol. The van der Waals surface area contributed by atoms with Gasteiger partial charge in [0.15, 0.2) is 5.78 Å². The number of ketones is 2. The molecule has 0 aromatic heterocycles. The van der Waals surface area contributed by atoms with Gasteiger partial charge in [-0.25, -0.2) is 0 Å². The molecule has 0 amide bonds. The minimum absolute atomic E-state index is 0.0339. The lowest BCUT2D eigenvalue weighted by Gasteiger charge is -2.28. The molecule has 0 heterocycles. The van der Waals surface area contributed by atoms with Crippen molar-refractivity contribution in [2.75, 3.05) is 0 Å². The summed E-state index contributed by atoms with van der Waals surface area (Å²) in [6, 6.07) is 12.2. The smallest absolute Gasteiger partial charge is 0.163 e. The van der Waals surface area contributed by atoms with Gasteiger partial charge >= 0.3 is 0 Å². The average Bonchev–Trinajstić information content (AvgIpc) is 2.64.